The van der Waals surface area contributed by atoms with Crippen molar-refractivity contribution in [3.63, 3.8) is 0 Å². The second-order valence-corrected chi connectivity index (χ2v) is 7.34. The van der Waals surface area contributed by atoms with Crippen LogP contribution in [-0.2, 0) is 4.79 Å². The maximum atomic E-state index is 12.7. The molecular formula is C22H26N4O. The molecule has 0 saturated heterocycles. The van der Waals surface area contributed by atoms with Crippen LogP contribution in [0.2, 0.25) is 0 Å². The van der Waals surface area contributed by atoms with Crippen LogP contribution in [0.25, 0.3) is 11.8 Å². The van der Waals surface area contributed by atoms with Gasteiger partial charge in [0.15, 0.2) is 0 Å². The third-order valence-corrected chi connectivity index (χ3v) is 5.43. The first-order chi connectivity index (χ1) is 13.0. The van der Waals surface area contributed by atoms with E-state index >= 15 is 0 Å². The number of aryl methyl sites for hydroxylation is 1. The Bertz CT molecular complexity index is 889. The van der Waals surface area contributed by atoms with E-state index in [1.807, 2.05) is 48.9 Å². The highest BCUT2D eigenvalue weighted by Gasteiger charge is 2.24. The Morgan fingerprint density at radius 3 is 2.63 bits per heavy atom. The van der Waals surface area contributed by atoms with Crippen molar-refractivity contribution in [1.29, 1.82) is 5.26 Å². The van der Waals surface area contributed by atoms with Crippen LogP contribution >= 0.6 is 0 Å². The molecule has 0 aliphatic heterocycles. The topological polar surface area (TPSA) is 70.7 Å². The lowest BCUT2D eigenvalue weighted by Crippen LogP contribution is -2.41. The smallest absolute Gasteiger partial charge is 0.262 e. The highest BCUT2D eigenvalue weighted by atomic mass is 16.1. The Hall–Kier alpha value is -2.87. The van der Waals surface area contributed by atoms with E-state index in [4.69, 9.17) is 0 Å². The standard InChI is InChI=1S/C22H26N4O/c1-15-9-7-8-12-21(15)24-22(27)18(14-23)13-20-16(2)25-26(17(20)3)19-10-5-4-6-11-19/h4-6,10-11,13,15,21H,7-9,12H2,1-3H3,(H,24,27)/b18-13+. The largest absolute Gasteiger partial charge is 0.348 e. The molecule has 0 radical (unpaired) electrons. The van der Waals surface area contributed by atoms with E-state index in [0.717, 1.165) is 41.9 Å². The second-order valence-electron chi connectivity index (χ2n) is 7.34. The molecular weight excluding hydrogens is 336 g/mol. The molecule has 2 unspecified atom stereocenters. The van der Waals surface area contributed by atoms with Crippen molar-refractivity contribution in [3.8, 4) is 11.8 Å². The van der Waals surface area contributed by atoms with E-state index in [0.29, 0.717) is 5.92 Å². The number of carbonyl (C=O) groups is 1. The predicted molar refractivity (Wildman–Crippen MR) is 106 cm³/mol. The summed E-state index contributed by atoms with van der Waals surface area (Å²) in [7, 11) is 0. The van der Waals surface area contributed by atoms with Crippen molar-refractivity contribution in [2.24, 2.45) is 5.92 Å². The molecule has 2 atom stereocenters. The molecule has 1 aliphatic rings. The maximum Gasteiger partial charge on any atom is 0.262 e. The fraction of sp³-hybridized carbons (Fsp3) is 0.409. The molecule has 1 aliphatic carbocycles. The normalized spacial score (nSPS) is 20.1. The molecule has 3 rings (SSSR count). The number of nitriles is 1. The maximum absolute atomic E-state index is 12.7. The Morgan fingerprint density at radius 1 is 1.26 bits per heavy atom. The summed E-state index contributed by atoms with van der Waals surface area (Å²) in [4.78, 5) is 12.7. The number of benzene rings is 1. The van der Waals surface area contributed by atoms with Crippen LogP contribution in [0.3, 0.4) is 0 Å². The Morgan fingerprint density at radius 2 is 1.96 bits per heavy atom. The molecule has 5 nitrogen and oxygen atoms in total. The number of amides is 1. The van der Waals surface area contributed by atoms with Crippen LogP contribution in [0, 0.1) is 31.1 Å². The summed E-state index contributed by atoms with van der Waals surface area (Å²) in [6.45, 7) is 6.02. The first kappa shape index (κ1) is 18.9. The lowest BCUT2D eigenvalue weighted by atomic mass is 9.86. The summed E-state index contributed by atoms with van der Waals surface area (Å²) in [5.74, 6) is 0.162. The molecule has 140 valence electrons. The molecule has 1 N–H and O–H groups in total. The molecule has 1 aromatic carbocycles. The van der Waals surface area contributed by atoms with Crippen LogP contribution < -0.4 is 5.32 Å². The van der Waals surface area contributed by atoms with Gasteiger partial charge in [0.25, 0.3) is 5.91 Å². The number of para-hydroxylation sites is 1. The average Bonchev–Trinajstić information content (AvgIpc) is 2.96. The van der Waals surface area contributed by atoms with Gasteiger partial charge in [-0.05, 0) is 50.8 Å². The molecule has 1 fully saturated rings. The SMILES string of the molecule is Cc1nn(-c2ccccc2)c(C)c1/C=C(\C#N)C(=O)NC1CCCCC1C. The van der Waals surface area contributed by atoms with Gasteiger partial charge in [-0.2, -0.15) is 10.4 Å². The first-order valence-electron chi connectivity index (χ1n) is 9.55. The van der Waals surface area contributed by atoms with Crippen LogP contribution in [0.1, 0.15) is 49.6 Å². The number of aromatic nitrogens is 2. The third kappa shape index (κ3) is 4.11. The van der Waals surface area contributed by atoms with Crippen LogP contribution in [0.5, 0.6) is 0 Å². The zero-order valence-electron chi connectivity index (χ0n) is 16.2. The van der Waals surface area contributed by atoms with Crippen molar-refractivity contribution in [2.75, 3.05) is 0 Å². The molecule has 5 heteroatoms. The summed E-state index contributed by atoms with van der Waals surface area (Å²) in [6.07, 6.45) is 6.11. The number of hydrogen-bond acceptors (Lipinski definition) is 3. The minimum Gasteiger partial charge on any atom is -0.348 e. The number of hydrogen-bond donors (Lipinski definition) is 1. The lowest BCUT2D eigenvalue weighted by Gasteiger charge is -2.29. The molecule has 1 amide bonds. The second kappa shape index (κ2) is 8.22. The van der Waals surface area contributed by atoms with E-state index in [9.17, 15) is 10.1 Å². The van der Waals surface area contributed by atoms with Gasteiger partial charge in [-0.25, -0.2) is 4.68 Å². The molecule has 2 aromatic rings. The fourth-order valence-corrected chi connectivity index (χ4v) is 3.75. The Kier molecular flexibility index (Phi) is 5.75. The van der Waals surface area contributed by atoms with Crippen molar-refractivity contribution >= 4 is 12.0 Å². The van der Waals surface area contributed by atoms with Gasteiger partial charge in [0, 0.05) is 17.3 Å². The lowest BCUT2D eigenvalue weighted by molar-refractivity contribution is -0.118. The van der Waals surface area contributed by atoms with Gasteiger partial charge in [0.1, 0.15) is 11.6 Å². The predicted octanol–water partition coefficient (Wildman–Crippen LogP) is 4.09. The molecule has 1 saturated carbocycles. The summed E-state index contributed by atoms with van der Waals surface area (Å²) in [6, 6.07) is 12.1. The van der Waals surface area contributed by atoms with Crippen molar-refractivity contribution in [2.45, 2.75) is 52.5 Å². The van der Waals surface area contributed by atoms with E-state index in [1.165, 1.54) is 6.42 Å². The fourth-order valence-electron chi connectivity index (χ4n) is 3.75. The number of rotatable bonds is 4. The molecule has 0 spiro atoms. The van der Waals surface area contributed by atoms with E-state index in [-0.39, 0.29) is 17.5 Å². The van der Waals surface area contributed by atoms with Crippen LogP contribution in [-0.4, -0.2) is 21.7 Å². The molecule has 27 heavy (non-hydrogen) atoms. The monoisotopic (exact) mass is 362 g/mol. The van der Waals surface area contributed by atoms with Gasteiger partial charge in [-0.15, -0.1) is 0 Å². The van der Waals surface area contributed by atoms with E-state index in [2.05, 4.69) is 23.4 Å². The zero-order valence-corrected chi connectivity index (χ0v) is 16.2. The molecule has 0 bridgehead atoms. The van der Waals surface area contributed by atoms with Gasteiger partial charge in [0.2, 0.25) is 0 Å². The zero-order chi connectivity index (χ0) is 19.4. The highest BCUT2D eigenvalue weighted by Crippen LogP contribution is 2.25. The van der Waals surface area contributed by atoms with Crippen molar-refractivity contribution in [1.82, 2.24) is 15.1 Å². The summed E-state index contributed by atoms with van der Waals surface area (Å²) >= 11 is 0. The van der Waals surface area contributed by atoms with Crippen molar-refractivity contribution in [3.05, 3.63) is 52.9 Å². The minimum absolute atomic E-state index is 0.131. The van der Waals surface area contributed by atoms with E-state index in [1.54, 1.807) is 6.08 Å². The van der Waals surface area contributed by atoms with Gasteiger partial charge < -0.3 is 5.32 Å². The Balaban J connectivity index is 1.86. The molecule has 1 aromatic heterocycles. The Labute approximate surface area is 160 Å². The van der Waals surface area contributed by atoms with Crippen LogP contribution in [0.4, 0.5) is 0 Å². The number of nitrogens with one attached hydrogen (secondary N) is 1. The minimum atomic E-state index is -0.289. The van der Waals surface area contributed by atoms with Crippen molar-refractivity contribution < 1.29 is 4.79 Å². The van der Waals surface area contributed by atoms with Gasteiger partial charge in [0.05, 0.1) is 11.4 Å². The molecule has 1 heterocycles. The van der Waals surface area contributed by atoms with E-state index < -0.39 is 0 Å². The van der Waals surface area contributed by atoms with Gasteiger partial charge in [-0.1, -0.05) is 38.0 Å². The number of carbonyl (C=O) groups excluding carboxylic acids is 1. The highest BCUT2D eigenvalue weighted by molar-refractivity contribution is 6.02. The van der Waals surface area contributed by atoms with Crippen LogP contribution in [0.15, 0.2) is 35.9 Å². The summed E-state index contributed by atoms with van der Waals surface area (Å²) in [5.41, 5.74) is 3.61. The summed E-state index contributed by atoms with van der Waals surface area (Å²) in [5, 5.41) is 17.2. The van der Waals surface area contributed by atoms with Gasteiger partial charge in [-0.3, -0.25) is 4.79 Å². The van der Waals surface area contributed by atoms with Gasteiger partial charge >= 0.3 is 0 Å². The quantitative estimate of drug-likeness (QED) is 0.658. The first-order valence-corrected chi connectivity index (χ1v) is 9.55. The summed E-state index contributed by atoms with van der Waals surface area (Å²) < 4.78 is 1.84. The third-order valence-electron chi connectivity index (χ3n) is 5.43. The number of nitrogens with zero attached hydrogens (tertiary/aromatic N) is 3. The average molecular weight is 362 g/mol.